The van der Waals surface area contributed by atoms with Crippen molar-refractivity contribution in [2.24, 2.45) is 0 Å². The van der Waals surface area contributed by atoms with E-state index in [0.717, 1.165) is 12.0 Å². The Labute approximate surface area is 112 Å². The Morgan fingerprint density at radius 2 is 1.80 bits per heavy atom. The van der Waals surface area contributed by atoms with Crippen molar-refractivity contribution in [3.05, 3.63) is 35.9 Å². The molecular weight excluding hydrogens is 225 g/mol. The summed E-state index contributed by atoms with van der Waals surface area (Å²) in [5.41, 5.74) is 1.14. The van der Waals surface area contributed by atoms with Gasteiger partial charge in [0.05, 0.1) is 0 Å². The molecule has 0 atom stereocenters. The third kappa shape index (κ3) is 7.96. The molecule has 1 aromatic rings. The van der Waals surface area contributed by atoms with Crippen LogP contribution in [0.1, 0.15) is 12.0 Å². The molecule has 0 heterocycles. The molecule has 0 spiro atoms. The van der Waals surface area contributed by atoms with Crippen LogP contribution in [0.4, 0.5) is 0 Å². The molecule has 0 amide bonds. The Bertz CT molecular complexity index is 366. The molecule has 0 aliphatic heterocycles. The van der Waals surface area contributed by atoms with Crippen LogP contribution < -0.4 is 34.3 Å². The first-order valence-electron chi connectivity index (χ1n) is 4.32. The summed E-state index contributed by atoms with van der Waals surface area (Å²) in [4.78, 5) is 0. The minimum atomic E-state index is -4.28. The maximum Gasteiger partial charge on any atom is 1.00 e. The standard InChI is InChI=1S/C9H13NO3S.Na/c11-14(12,13)10-8-4-7-9-5-2-1-3-6-9;/h1-3,5-6,10H,4,7-8H2,(H,11,12,13);/q;+1/p-1. The Hall–Kier alpha value is 0.0900. The largest absolute Gasteiger partial charge is 1.00 e. The van der Waals surface area contributed by atoms with Crippen LogP contribution in [0.25, 0.3) is 0 Å². The normalized spacial score (nSPS) is 10.7. The molecule has 0 aromatic heterocycles. The Morgan fingerprint density at radius 1 is 1.20 bits per heavy atom. The third-order valence-electron chi connectivity index (χ3n) is 1.76. The van der Waals surface area contributed by atoms with Gasteiger partial charge < -0.3 is 4.55 Å². The van der Waals surface area contributed by atoms with Gasteiger partial charge in [0.2, 0.25) is 0 Å². The molecule has 15 heavy (non-hydrogen) atoms. The average Bonchev–Trinajstić information content (AvgIpc) is 2.13. The number of rotatable bonds is 5. The molecule has 0 saturated carbocycles. The van der Waals surface area contributed by atoms with Crippen molar-refractivity contribution in [3.63, 3.8) is 0 Å². The summed E-state index contributed by atoms with van der Waals surface area (Å²) in [6, 6.07) is 9.70. The van der Waals surface area contributed by atoms with Gasteiger partial charge in [-0.25, -0.2) is 13.1 Å². The molecule has 0 radical (unpaired) electrons. The molecule has 78 valence electrons. The van der Waals surface area contributed by atoms with Crippen molar-refractivity contribution >= 4 is 10.3 Å². The summed E-state index contributed by atoms with van der Waals surface area (Å²) in [5.74, 6) is 0. The molecule has 0 saturated heterocycles. The van der Waals surface area contributed by atoms with E-state index >= 15 is 0 Å². The van der Waals surface area contributed by atoms with Crippen LogP contribution in [0.2, 0.25) is 0 Å². The molecule has 0 unspecified atom stereocenters. The van der Waals surface area contributed by atoms with Gasteiger partial charge in [0, 0.05) is 6.54 Å². The van der Waals surface area contributed by atoms with Gasteiger partial charge in [-0.1, -0.05) is 30.3 Å². The monoisotopic (exact) mass is 237 g/mol. The van der Waals surface area contributed by atoms with E-state index in [1.807, 2.05) is 35.1 Å². The molecule has 6 heteroatoms. The summed E-state index contributed by atoms with van der Waals surface area (Å²) < 4.78 is 32.4. The molecule has 0 fully saturated rings. The van der Waals surface area contributed by atoms with Gasteiger partial charge in [-0.15, -0.1) is 0 Å². The Kier molecular flexibility index (Phi) is 7.42. The maximum absolute atomic E-state index is 10.2. The first kappa shape index (κ1) is 15.1. The number of hydrogen-bond donors (Lipinski definition) is 1. The van der Waals surface area contributed by atoms with Crippen molar-refractivity contribution in [3.8, 4) is 0 Å². The van der Waals surface area contributed by atoms with Gasteiger partial charge >= 0.3 is 29.6 Å². The zero-order valence-electron chi connectivity index (χ0n) is 8.64. The van der Waals surface area contributed by atoms with Crippen molar-refractivity contribution in [2.45, 2.75) is 12.8 Å². The van der Waals surface area contributed by atoms with E-state index < -0.39 is 10.3 Å². The van der Waals surface area contributed by atoms with E-state index in [0.29, 0.717) is 6.42 Å². The number of nitrogens with one attached hydrogen (secondary N) is 1. The minimum absolute atomic E-state index is 0. The van der Waals surface area contributed by atoms with Gasteiger partial charge in [0.1, 0.15) is 0 Å². The van der Waals surface area contributed by atoms with E-state index in [2.05, 4.69) is 0 Å². The molecule has 1 N–H and O–H groups in total. The van der Waals surface area contributed by atoms with Crippen LogP contribution in [0.15, 0.2) is 30.3 Å². The second-order valence-corrected chi connectivity index (χ2v) is 4.13. The van der Waals surface area contributed by atoms with Crippen LogP contribution in [-0.4, -0.2) is 19.5 Å². The van der Waals surface area contributed by atoms with E-state index in [1.165, 1.54) is 0 Å². The summed E-state index contributed by atoms with van der Waals surface area (Å²) >= 11 is 0. The predicted octanol–water partition coefficient (Wildman–Crippen LogP) is -2.33. The quantitative estimate of drug-likeness (QED) is 0.355. The minimum Gasteiger partial charge on any atom is -0.735 e. The van der Waals surface area contributed by atoms with Crippen molar-refractivity contribution in [1.82, 2.24) is 4.72 Å². The van der Waals surface area contributed by atoms with E-state index in [4.69, 9.17) is 0 Å². The molecule has 1 aromatic carbocycles. The third-order valence-corrected chi connectivity index (χ3v) is 2.32. The van der Waals surface area contributed by atoms with Crippen LogP contribution in [0.5, 0.6) is 0 Å². The fourth-order valence-electron chi connectivity index (χ4n) is 1.13. The van der Waals surface area contributed by atoms with Crippen molar-refractivity contribution < 1.29 is 42.5 Å². The first-order valence-corrected chi connectivity index (χ1v) is 5.73. The van der Waals surface area contributed by atoms with Crippen LogP contribution >= 0.6 is 0 Å². The summed E-state index contributed by atoms with van der Waals surface area (Å²) in [6.07, 6.45) is 1.40. The first-order chi connectivity index (χ1) is 6.58. The van der Waals surface area contributed by atoms with Crippen LogP contribution in [-0.2, 0) is 16.7 Å². The summed E-state index contributed by atoms with van der Waals surface area (Å²) in [7, 11) is -4.28. The smallest absolute Gasteiger partial charge is 0.735 e. The van der Waals surface area contributed by atoms with E-state index in [-0.39, 0.29) is 36.1 Å². The molecule has 0 aliphatic carbocycles. The van der Waals surface area contributed by atoms with Crippen molar-refractivity contribution in [2.75, 3.05) is 6.54 Å². The topological polar surface area (TPSA) is 69.2 Å². The maximum atomic E-state index is 10.2. The zero-order valence-corrected chi connectivity index (χ0v) is 11.5. The SMILES string of the molecule is O=S(=O)([O-])NCCCc1ccccc1.[Na+]. The Balaban J connectivity index is 0.00000196. The molecule has 0 aliphatic rings. The second-order valence-electron chi connectivity index (χ2n) is 2.94. The molecule has 4 nitrogen and oxygen atoms in total. The zero-order chi connectivity index (χ0) is 10.4. The van der Waals surface area contributed by atoms with Gasteiger partial charge in [-0.05, 0) is 18.4 Å². The van der Waals surface area contributed by atoms with Crippen LogP contribution in [0, 0.1) is 0 Å². The summed E-state index contributed by atoms with van der Waals surface area (Å²) in [5, 5.41) is 0. The fourth-order valence-corrected chi connectivity index (χ4v) is 1.53. The summed E-state index contributed by atoms with van der Waals surface area (Å²) in [6.45, 7) is 0.195. The number of hydrogen-bond acceptors (Lipinski definition) is 3. The van der Waals surface area contributed by atoms with E-state index in [1.54, 1.807) is 0 Å². The van der Waals surface area contributed by atoms with Gasteiger partial charge in [-0.2, -0.15) is 0 Å². The second kappa shape index (κ2) is 7.38. The number of benzene rings is 1. The molecule has 1 rings (SSSR count). The van der Waals surface area contributed by atoms with Crippen molar-refractivity contribution in [1.29, 1.82) is 0 Å². The average molecular weight is 237 g/mol. The Morgan fingerprint density at radius 3 is 2.33 bits per heavy atom. The predicted molar refractivity (Wildman–Crippen MR) is 52.5 cm³/mol. The fraction of sp³-hybridized carbons (Fsp3) is 0.333. The van der Waals surface area contributed by atoms with E-state index in [9.17, 15) is 13.0 Å². The van der Waals surface area contributed by atoms with Gasteiger partial charge in [0.25, 0.3) is 0 Å². The van der Waals surface area contributed by atoms with Gasteiger partial charge in [0.15, 0.2) is 10.3 Å². The molecule has 0 bridgehead atoms. The molecular formula is C9H12NNaO3S. The van der Waals surface area contributed by atoms with Crippen LogP contribution in [0.3, 0.4) is 0 Å². The number of aryl methyl sites for hydroxylation is 1. The van der Waals surface area contributed by atoms with Gasteiger partial charge in [-0.3, -0.25) is 0 Å².